The number of aromatic nitrogens is 3. The summed E-state index contributed by atoms with van der Waals surface area (Å²) in [7, 11) is -7.31. The zero-order chi connectivity index (χ0) is 24.8. The fourth-order valence-electron chi connectivity index (χ4n) is 2.44. The van der Waals surface area contributed by atoms with Crippen molar-refractivity contribution >= 4 is 43.2 Å². The van der Waals surface area contributed by atoms with Crippen LogP contribution in [-0.4, -0.2) is 32.0 Å². The van der Waals surface area contributed by atoms with Gasteiger partial charge in [0.2, 0.25) is 5.95 Å². The van der Waals surface area contributed by atoms with Crippen LogP contribution in [0.25, 0.3) is 0 Å². The van der Waals surface area contributed by atoms with Gasteiger partial charge in [0.05, 0.1) is 9.79 Å². The molecule has 178 valence electrons. The molecule has 34 heavy (non-hydrogen) atoms. The lowest BCUT2D eigenvalue weighted by molar-refractivity contribution is 0.400. The van der Waals surface area contributed by atoms with Gasteiger partial charge < -0.3 is 16.0 Å². The number of nitrogens with one attached hydrogen (secondary N) is 2. The number of hydrogen-bond donors (Lipinski definition) is 4. The SMILES string of the molecule is Cc1cc(NS(=O)(=O)c2ccc(N)cc2)no1.Nc1ccc(S(=O)(=O)Nc2ncccn2)cc1. The Labute approximate surface area is 196 Å². The minimum absolute atomic E-state index is 0.0318. The maximum atomic E-state index is 11.9. The summed E-state index contributed by atoms with van der Waals surface area (Å²) < 4.78 is 56.9. The molecule has 2 heterocycles. The van der Waals surface area contributed by atoms with Crippen LogP contribution in [-0.2, 0) is 20.0 Å². The summed E-state index contributed by atoms with van der Waals surface area (Å²) in [5.74, 6) is 0.712. The molecule has 2 aromatic heterocycles. The molecule has 14 heteroatoms. The van der Waals surface area contributed by atoms with Crippen LogP contribution in [0.5, 0.6) is 0 Å². The number of hydrogen-bond acceptors (Lipinski definition) is 10. The molecule has 0 atom stereocenters. The van der Waals surface area contributed by atoms with Gasteiger partial charge in [-0.1, -0.05) is 5.16 Å². The molecule has 0 amide bonds. The summed E-state index contributed by atoms with van der Waals surface area (Å²) in [6.07, 6.45) is 2.90. The van der Waals surface area contributed by atoms with Crippen molar-refractivity contribution < 1.29 is 21.4 Å². The summed E-state index contributed by atoms with van der Waals surface area (Å²) in [6.45, 7) is 1.67. The van der Waals surface area contributed by atoms with Crippen molar-refractivity contribution in [2.24, 2.45) is 0 Å². The fraction of sp³-hybridized carbons (Fsp3) is 0.0500. The number of nitrogen functional groups attached to an aromatic ring is 2. The van der Waals surface area contributed by atoms with Gasteiger partial charge in [0.25, 0.3) is 20.0 Å². The number of rotatable bonds is 6. The van der Waals surface area contributed by atoms with Gasteiger partial charge in [0.1, 0.15) is 5.76 Å². The zero-order valence-corrected chi connectivity index (χ0v) is 19.4. The second-order valence-corrected chi connectivity index (χ2v) is 10.1. The van der Waals surface area contributed by atoms with E-state index in [4.69, 9.17) is 16.0 Å². The van der Waals surface area contributed by atoms with Gasteiger partial charge >= 0.3 is 0 Å². The van der Waals surface area contributed by atoms with Crippen molar-refractivity contribution in [3.63, 3.8) is 0 Å². The summed E-state index contributed by atoms with van der Waals surface area (Å²) in [6, 6.07) is 14.8. The van der Waals surface area contributed by atoms with E-state index in [2.05, 4.69) is 24.6 Å². The van der Waals surface area contributed by atoms with Crippen LogP contribution in [0.15, 0.2) is 87.4 Å². The molecule has 0 spiro atoms. The van der Waals surface area contributed by atoms with Crippen molar-refractivity contribution in [1.29, 1.82) is 0 Å². The molecule has 0 saturated heterocycles. The average Bonchev–Trinajstić information content (AvgIpc) is 3.19. The van der Waals surface area contributed by atoms with E-state index in [0.29, 0.717) is 17.1 Å². The second-order valence-electron chi connectivity index (χ2n) is 6.74. The Morgan fingerprint density at radius 1 is 0.765 bits per heavy atom. The summed E-state index contributed by atoms with van der Waals surface area (Å²) in [5, 5.41) is 3.55. The van der Waals surface area contributed by atoms with Gasteiger partial charge in [0.15, 0.2) is 5.82 Å². The van der Waals surface area contributed by atoms with Crippen LogP contribution in [0.4, 0.5) is 23.1 Å². The fourth-order valence-corrected chi connectivity index (χ4v) is 4.38. The topological polar surface area (TPSA) is 196 Å². The average molecular weight is 504 g/mol. The number of anilines is 4. The first kappa shape index (κ1) is 24.5. The first-order valence-electron chi connectivity index (χ1n) is 9.52. The summed E-state index contributed by atoms with van der Waals surface area (Å²) in [5.41, 5.74) is 12.0. The van der Waals surface area contributed by atoms with E-state index in [1.165, 1.54) is 67.0 Å². The van der Waals surface area contributed by atoms with Crippen molar-refractivity contribution in [3.8, 4) is 0 Å². The van der Waals surface area contributed by atoms with E-state index in [0.717, 1.165) is 0 Å². The van der Waals surface area contributed by atoms with Gasteiger partial charge in [-0.3, -0.25) is 4.72 Å². The Hall–Kier alpha value is -4.17. The molecule has 6 N–H and O–H groups in total. The molecule has 0 aliphatic heterocycles. The first-order chi connectivity index (χ1) is 16.0. The third-order valence-electron chi connectivity index (χ3n) is 4.04. The number of nitrogens with zero attached hydrogens (tertiary/aromatic N) is 3. The summed E-state index contributed by atoms with van der Waals surface area (Å²) in [4.78, 5) is 7.79. The lowest BCUT2D eigenvalue weighted by atomic mass is 10.3. The summed E-state index contributed by atoms with van der Waals surface area (Å²) >= 11 is 0. The Morgan fingerprint density at radius 2 is 1.24 bits per heavy atom. The standard InChI is InChI=1S/C10H10N4O2S.C10H11N3O3S/c11-8-2-4-9(5-3-8)17(15,16)14-10-12-6-1-7-13-10;1-7-6-10(12-16-7)13-17(14,15)9-4-2-8(11)3-5-9/h1-7H,11H2,(H,12,13,14);2-6H,11H2,1H3,(H,12,13). The van der Waals surface area contributed by atoms with Crippen LogP contribution in [0.3, 0.4) is 0 Å². The van der Waals surface area contributed by atoms with Gasteiger partial charge in [-0.25, -0.2) is 31.5 Å². The molecule has 0 aliphatic rings. The quantitative estimate of drug-likeness (QED) is 0.283. The monoisotopic (exact) mass is 503 g/mol. The number of sulfonamides is 2. The molecule has 0 unspecified atom stereocenters. The highest BCUT2D eigenvalue weighted by molar-refractivity contribution is 7.93. The van der Waals surface area contributed by atoms with Crippen molar-refractivity contribution in [1.82, 2.24) is 15.1 Å². The lowest BCUT2D eigenvalue weighted by Gasteiger charge is -2.05. The largest absolute Gasteiger partial charge is 0.399 e. The van der Waals surface area contributed by atoms with Gasteiger partial charge in [-0.2, -0.15) is 0 Å². The molecule has 12 nitrogen and oxygen atoms in total. The van der Waals surface area contributed by atoms with E-state index in [9.17, 15) is 16.8 Å². The Balaban J connectivity index is 0.000000191. The van der Waals surface area contributed by atoms with E-state index >= 15 is 0 Å². The van der Waals surface area contributed by atoms with E-state index in [-0.39, 0.29) is 21.6 Å². The van der Waals surface area contributed by atoms with E-state index in [1.807, 2.05) is 0 Å². The molecule has 4 rings (SSSR count). The third kappa shape index (κ3) is 6.66. The number of benzene rings is 2. The normalized spacial score (nSPS) is 11.2. The highest BCUT2D eigenvalue weighted by atomic mass is 32.2. The Kier molecular flexibility index (Phi) is 7.33. The second kappa shape index (κ2) is 10.2. The van der Waals surface area contributed by atoms with Crippen LogP contribution in [0.1, 0.15) is 5.76 Å². The minimum Gasteiger partial charge on any atom is -0.399 e. The van der Waals surface area contributed by atoms with Gasteiger partial charge in [-0.05, 0) is 61.5 Å². The third-order valence-corrected chi connectivity index (χ3v) is 6.75. The predicted octanol–water partition coefficient (Wildman–Crippen LogP) is 2.23. The molecule has 0 aliphatic carbocycles. The van der Waals surface area contributed by atoms with Crippen LogP contribution < -0.4 is 20.9 Å². The Bertz CT molecular complexity index is 1440. The first-order valence-corrected chi connectivity index (χ1v) is 12.5. The molecular weight excluding hydrogens is 482 g/mol. The molecule has 4 aromatic rings. The van der Waals surface area contributed by atoms with E-state index < -0.39 is 20.0 Å². The molecule has 0 saturated carbocycles. The van der Waals surface area contributed by atoms with Gasteiger partial charge in [-0.15, -0.1) is 0 Å². The zero-order valence-electron chi connectivity index (χ0n) is 17.8. The molecule has 0 bridgehead atoms. The number of aryl methyl sites for hydroxylation is 1. The highest BCUT2D eigenvalue weighted by Crippen LogP contribution is 2.17. The molecule has 2 aromatic carbocycles. The van der Waals surface area contributed by atoms with Crippen molar-refractivity contribution in [2.45, 2.75) is 16.7 Å². The van der Waals surface area contributed by atoms with Crippen molar-refractivity contribution in [3.05, 3.63) is 78.8 Å². The minimum atomic E-state index is -3.66. The molecule has 0 radical (unpaired) electrons. The molecule has 0 fully saturated rings. The maximum absolute atomic E-state index is 11.9. The van der Waals surface area contributed by atoms with Gasteiger partial charge in [0, 0.05) is 29.8 Å². The Morgan fingerprint density at radius 3 is 1.68 bits per heavy atom. The number of nitrogens with two attached hydrogens (primary N) is 2. The predicted molar refractivity (Wildman–Crippen MR) is 127 cm³/mol. The van der Waals surface area contributed by atoms with Crippen LogP contribution in [0, 0.1) is 6.92 Å². The highest BCUT2D eigenvalue weighted by Gasteiger charge is 2.16. The van der Waals surface area contributed by atoms with Crippen molar-refractivity contribution in [2.75, 3.05) is 20.9 Å². The maximum Gasteiger partial charge on any atom is 0.264 e. The van der Waals surface area contributed by atoms with E-state index in [1.54, 1.807) is 13.0 Å². The lowest BCUT2D eigenvalue weighted by Crippen LogP contribution is -2.14. The smallest absolute Gasteiger partial charge is 0.264 e. The van der Waals surface area contributed by atoms with Crippen LogP contribution >= 0.6 is 0 Å². The molecular formula is C20H21N7O5S2. The van der Waals surface area contributed by atoms with Crippen LogP contribution in [0.2, 0.25) is 0 Å².